The van der Waals surface area contributed by atoms with Crippen LogP contribution in [0.2, 0.25) is 0 Å². The minimum Gasteiger partial charge on any atom is -0.381 e. The lowest BCUT2D eigenvalue weighted by atomic mass is 9.99. The molecule has 4 heteroatoms. The Morgan fingerprint density at radius 2 is 2.29 bits per heavy atom. The van der Waals surface area contributed by atoms with Gasteiger partial charge in [0.2, 0.25) is 0 Å². The fraction of sp³-hybridized carbons (Fsp3) is 0.900. The third-order valence-electron chi connectivity index (χ3n) is 2.59. The SMILES string of the molecule is CC(NC(=O)C(C)(C)O)C1CCOC1. The van der Waals surface area contributed by atoms with Gasteiger partial charge in [-0.25, -0.2) is 0 Å². The normalized spacial score (nSPS) is 24.7. The second-order valence-corrected chi connectivity index (χ2v) is 4.44. The summed E-state index contributed by atoms with van der Waals surface area (Å²) >= 11 is 0. The van der Waals surface area contributed by atoms with Crippen LogP contribution in [0.4, 0.5) is 0 Å². The van der Waals surface area contributed by atoms with Crippen molar-refractivity contribution in [3.63, 3.8) is 0 Å². The van der Waals surface area contributed by atoms with Gasteiger partial charge in [0.05, 0.1) is 6.61 Å². The first-order valence-corrected chi connectivity index (χ1v) is 5.02. The Hall–Kier alpha value is -0.610. The summed E-state index contributed by atoms with van der Waals surface area (Å²) in [6, 6.07) is 0.0661. The lowest BCUT2D eigenvalue weighted by Crippen LogP contribution is -2.48. The Morgan fingerprint density at radius 1 is 1.64 bits per heavy atom. The molecular weight excluding hydrogens is 182 g/mol. The van der Waals surface area contributed by atoms with Crippen LogP contribution in [0.5, 0.6) is 0 Å². The first-order valence-electron chi connectivity index (χ1n) is 5.02. The Kier molecular flexibility index (Phi) is 3.50. The number of amides is 1. The van der Waals surface area contributed by atoms with Crippen LogP contribution in [0, 0.1) is 5.92 Å². The molecule has 0 aromatic rings. The maximum Gasteiger partial charge on any atom is 0.251 e. The number of carbonyl (C=O) groups is 1. The summed E-state index contributed by atoms with van der Waals surface area (Å²) in [4.78, 5) is 11.4. The Labute approximate surface area is 84.6 Å². The quantitative estimate of drug-likeness (QED) is 0.690. The Bertz CT molecular complexity index is 204. The molecule has 1 rings (SSSR count). The average molecular weight is 201 g/mol. The van der Waals surface area contributed by atoms with E-state index in [9.17, 15) is 9.90 Å². The second kappa shape index (κ2) is 4.28. The number of rotatable bonds is 3. The summed E-state index contributed by atoms with van der Waals surface area (Å²) in [5, 5.41) is 12.2. The number of hydrogen-bond donors (Lipinski definition) is 2. The monoisotopic (exact) mass is 201 g/mol. The zero-order chi connectivity index (χ0) is 10.8. The molecule has 0 aromatic heterocycles. The predicted molar refractivity (Wildman–Crippen MR) is 52.8 cm³/mol. The lowest BCUT2D eigenvalue weighted by molar-refractivity contribution is -0.137. The van der Waals surface area contributed by atoms with Gasteiger partial charge >= 0.3 is 0 Å². The van der Waals surface area contributed by atoms with E-state index in [1.165, 1.54) is 13.8 Å². The van der Waals surface area contributed by atoms with Crippen molar-refractivity contribution in [1.82, 2.24) is 5.32 Å². The van der Waals surface area contributed by atoms with Gasteiger partial charge in [-0.2, -0.15) is 0 Å². The van der Waals surface area contributed by atoms with Gasteiger partial charge in [0, 0.05) is 18.6 Å². The molecule has 2 atom stereocenters. The molecule has 1 amide bonds. The average Bonchev–Trinajstić information content (AvgIpc) is 2.53. The van der Waals surface area contributed by atoms with Crippen LogP contribution in [0.1, 0.15) is 27.2 Å². The standard InChI is InChI=1S/C10H19NO3/c1-7(8-4-5-14-6-8)11-9(12)10(2,3)13/h7-8,13H,4-6H2,1-3H3,(H,11,12). The third kappa shape index (κ3) is 2.96. The van der Waals surface area contributed by atoms with Crippen LogP contribution >= 0.6 is 0 Å². The number of carbonyl (C=O) groups excluding carboxylic acids is 1. The summed E-state index contributed by atoms with van der Waals surface area (Å²) < 4.78 is 5.23. The molecule has 1 heterocycles. The molecule has 0 bridgehead atoms. The van der Waals surface area contributed by atoms with Gasteiger partial charge < -0.3 is 15.2 Å². The van der Waals surface area contributed by atoms with Crippen LogP contribution < -0.4 is 5.32 Å². The molecule has 1 aliphatic heterocycles. The molecule has 0 radical (unpaired) electrons. The van der Waals surface area contributed by atoms with E-state index in [0.717, 1.165) is 13.0 Å². The smallest absolute Gasteiger partial charge is 0.251 e. The van der Waals surface area contributed by atoms with E-state index in [1.54, 1.807) is 0 Å². The molecule has 1 aliphatic rings. The van der Waals surface area contributed by atoms with Crippen LogP contribution in [0.3, 0.4) is 0 Å². The number of ether oxygens (including phenoxy) is 1. The van der Waals surface area contributed by atoms with Crippen LogP contribution in [-0.2, 0) is 9.53 Å². The largest absolute Gasteiger partial charge is 0.381 e. The lowest BCUT2D eigenvalue weighted by Gasteiger charge is -2.24. The summed E-state index contributed by atoms with van der Waals surface area (Å²) in [6.45, 7) is 6.39. The van der Waals surface area contributed by atoms with Crippen molar-refractivity contribution < 1.29 is 14.6 Å². The van der Waals surface area contributed by atoms with Gasteiger partial charge in [-0.1, -0.05) is 0 Å². The van der Waals surface area contributed by atoms with Gasteiger partial charge in [0.25, 0.3) is 5.91 Å². The van der Waals surface area contributed by atoms with Crippen molar-refractivity contribution in [1.29, 1.82) is 0 Å². The maximum atomic E-state index is 11.4. The van der Waals surface area contributed by atoms with E-state index in [2.05, 4.69) is 5.32 Å². The molecule has 0 spiro atoms. The molecule has 82 valence electrons. The fourth-order valence-corrected chi connectivity index (χ4v) is 1.45. The van der Waals surface area contributed by atoms with Crippen LogP contribution in [0.25, 0.3) is 0 Å². The molecule has 14 heavy (non-hydrogen) atoms. The highest BCUT2D eigenvalue weighted by atomic mass is 16.5. The molecular formula is C10H19NO3. The van der Waals surface area contributed by atoms with Crippen molar-refractivity contribution >= 4 is 5.91 Å². The van der Waals surface area contributed by atoms with Crippen molar-refractivity contribution in [2.45, 2.75) is 38.8 Å². The number of nitrogens with one attached hydrogen (secondary N) is 1. The molecule has 0 aliphatic carbocycles. The zero-order valence-corrected chi connectivity index (χ0v) is 9.04. The Balaban J connectivity index is 2.39. The minimum atomic E-state index is -1.30. The van der Waals surface area contributed by atoms with Gasteiger partial charge in [-0.05, 0) is 27.2 Å². The highest BCUT2D eigenvalue weighted by Crippen LogP contribution is 2.16. The van der Waals surface area contributed by atoms with E-state index in [4.69, 9.17) is 4.74 Å². The predicted octanol–water partition coefficient (Wildman–Crippen LogP) is 0.298. The first kappa shape index (κ1) is 11.5. The number of hydrogen-bond acceptors (Lipinski definition) is 3. The second-order valence-electron chi connectivity index (χ2n) is 4.44. The van der Waals surface area contributed by atoms with Gasteiger partial charge in [0.1, 0.15) is 5.60 Å². The first-order chi connectivity index (χ1) is 6.41. The number of aliphatic hydroxyl groups is 1. The van der Waals surface area contributed by atoms with Crippen molar-refractivity contribution in [2.24, 2.45) is 5.92 Å². The minimum absolute atomic E-state index is 0.0661. The zero-order valence-electron chi connectivity index (χ0n) is 9.04. The molecule has 2 N–H and O–H groups in total. The van der Waals surface area contributed by atoms with Gasteiger partial charge in [-0.3, -0.25) is 4.79 Å². The molecule has 0 saturated carbocycles. The molecule has 1 fully saturated rings. The summed E-state index contributed by atoms with van der Waals surface area (Å²) in [5.74, 6) is 0.0539. The molecule has 2 unspecified atom stereocenters. The summed E-state index contributed by atoms with van der Waals surface area (Å²) in [7, 11) is 0. The van der Waals surface area contributed by atoms with Crippen molar-refractivity contribution in [3.8, 4) is 0 Å². The molecule has 4 nitrogen and oxygen atoms in total. The van der Waals surface area contributed by atoms with E-state index in [1.807, 2.05) is 6.92 Å². The van der Waals surface area contributed by atoms with Crippen molar-refractivity contribution in [3.05, 3.63) is 0 Å². The van der Waals surface area contributed by atoms with Gasteiger partial charge in [-0.15, -0.1) is 0 Å². The molecule has 0 aromatic carbocycles. The highest BCUT2D eigenvalue weighted by molar-refractivity contribution is 5.84. The summed E-state index contributed by atoms with van der Waals surface area (Å²) in [6.07, 6.45) is 0.979. The van der Waals surface area contributed by atoms with Gasteiger partial charge in [0.15, 0.2) is 0 Å². The van der Waals surface area contributed by atoms with E-state index < -0.39 is 5.60 Å². The Morgan fingerprint density at radius 3 is 2.71 bits per heavy atom. The van der Waals surface area contributed by atoms with E-state index >= 15 is 0 Å². The highest BCUT2D eigenvalue weighted by Gasteiger charge is 2.29. The fourth-order valence-electron chi connectivity index (χ4n) is 1.45. The van der Waals surface area contributed by atoms with E-state index in [-0.39, 0.29) is 11.9 Å². The van der Waals surface area contributed by atoms with Crippen LogP contribution in [-0.4, -0.2) is 35.9 Å². The third-order valence-corrected chi connectivity index (χ3v) is 2.59. The van der Waals surface area contributed by atoms with Crippen molar-refractivity contribution in [2.75, 3.05) is 13.2 Å². The topological polar surface area (TPSA) is 58.6 Å². The van der Waals surface area contributed by atoms with E-state index in [0.29, 0.717) is 12.5 Å². The summed E-state index contributed by atoms with van der Waals surface area (Å²) in [5.41, 5.74) is -1.30. The molecule has 1 saturated heterocycles. The maximum absolute atomic E-state index is 11.4. The van der Waals surface area contributed by atoms with Crippen LogP contribution in [0.15, 0.2) is 0 Å².